The predicted octanol–water partition coefficient (Wildman–Crippen LogP) is 2.63. The molecule has 0 aromatic carbocycles. The number of nitrogens with zero attached hydrogens (tertiary/aromatic N) is 2. The molecule has 0 spiro atoms. The topological polar surface area (TPSA) is 55.9 Å². The maximum absolute atomic E-state index is 5.85. The highest BCUT2D eigenvalue weighted by Gasteiger charge is 2.20. The summed E-state index contributed by atoms with van der Waals surface area (Å²) in [5.74, 6) is 2.59. The molecule has 17 heavy (non-hydrogen) atoms. The Hall–Kier alpha value is -1.19. The van der Waals surface area contributed by atoms with Gasteiger partial charge in [-0.15, -0.1) is 0 Å². The first-order valence-corrected chi connectivity index (χ1v) is 6.72. The molecule has 0 atom stereocenters. The number of anilines is 2. The molecule has 2 rings (SSSR count). The van der Waals surface area contributed by atoms with Gasteiger partial charge in [-0.2, -0.15) is 5.10 Å². The van der Waals surface area contributed by atoms with Crippen molar-refractivity contribution >= 4 is 11.5 Å². The van der Waals surface area contributed by atoms with Crippen molar-refractivity contribution in [1.29, 1.82) is 0 Å². The van der Waals surface area contributed by atoms with Gasteiger partial charge in [0.1, 0.15) is 0 Å². The third-order valence-electron chi connectivity index (χ3n) is 3.96. The molecule has 1 fully saturated rings. The van der Waals surface area contributed by atoms with E-state index in [2.05, 4.69) is 17.3 Å². The highest BCUT2D eigenvalue weighted by molar-refractivity contribution is 5.59. The molecular weight excluding hydrogens is 212 g/mol. The molecule has 0 saturated heterocycles. The summed E-state index contributed by atoms with van der Waals surface area (Å²) in [5.41, 5.74) is 6.60. The van der Waals surface area contributed by atoms with Crippen molar-refractivity contribution in [2.45, 2.75) is 39.0 Å². The molecule has 1 aromatic heterocycles. The first-order chi connectivity index (χ1) is 8.19. The van der Waals surface area contributed by atoms with Gasteiger partial charge in [0.2, 0.25) is 0 Å². The molecule has 1 aliphatic rings. The fourth-order valence-electron chi connectivity index (χ4n) is 2.73. The van der Waals surface area contributed by atoms with Crippen LogP contribution >= 0.6 is 0 Å². The molecule has 0 radical (unpaired) electrons. The zero-order chi connectivity index (χ0) is 12.3. The quantitative estimate of drug-likeness (QED) is 0.845. The van der Waals surface area contributed by atoms with Crippen LogP contribution in [0.25, 0.3) is 0 Å². The fourth-order valence-corrected chi connectivity index (χ4v) is 2.73. The Morgan fingerprint density at radius 1 is 1.35 bits per heavy atom. The van der Waals surface area contributed by atoms with Crippen molar-refractivity contribution in [3.05, 3.63) is 6.20 Å². The summed E-state index contributed by atoms with van der Waals surface area (Å²) in [7, 11) is 1.90. The van der Waals surface area contributed by atoms with Crippen LogP contribution < -0.4 is 11.1 Å². The Bertz CT molecular complexity index is 350. The minimum Gasteiger partial charge on any atom is -0.394 e. The lowest BCUT2D eigenvalue weighted by atomic mass is 9.81. The second kappa shape index (κ2) is 5.43. The summed E-state index contributed by atoms with van der Waals surface area (Å²) in [5, 5.41) is 7.69. The van der Waals surface area contributed by atoms with Crippen LogP contribution in [0.5, 0.6) is 0 Å². The number of aryl methyl sites for hydroxylation is 1. The molecule has 0 bridgehead atoms. The molecule has 0 aliphatic heterocycles. The minimum absolute atomic E-state index is 0.745. The van der Waals surface area contributed by atoms with Gasteiger partial charge < -0.3 is 11.1 Å². The smallest absolute Gasteiger partial charge is 0.171 e. The lowest BCUT2D eigenvalue weighted by Crippen LogP contribution is -2.21. The van der Waals surface area contributed by atoms with Gasteiger partial charge in [0.25, 0.3) is 0 Å². The van der Waals surface area contributed by atoms with E-state index in [4.69, 9.17) is 5.73 Å². The average Bonchev–Trinajstić information content (AvgIpc) is 2.66. The molecular formula is C13H24N4. The number of hydrogen-bond donors (Lipinski definition) is 2. The summed E-state index contributed by atoms with van der Waals surface area (Å²) >= 11 is 0. The van der Waals surface area contributed by atoms with E-state index in [1.807, 2.05) is 13.2 Å². The Morgan fingerprint density at radius 3 is 2.53 bits per heavy atom. The third-order valence-corrected chi connectivity index (χ3v) is 3.96. The van der Waals surface area contributed by atoms with Crippen LogP contribution in [-0.2, 0) is 7.05 Å². The zero-order valence-electron chi connectivity index (χ0n) is 10.9. The molecule has 96 valence electrons. The van der Waals surface area contributed by atoms with E-state index < -0.39 is 0 Å². The van der Waals surface area contributed by atoms with E-state index >= 15 is 0 Å². The van der Waals surface area contributed by atoms with Gasteiger partial charge in [-0.05, 0) is 24.7 Å². The number of nitrogen functional groups attached to an aromatic ring is 1. The number of aromatic nitrogens is 2. The highest BCUT2D eigenvalue weighted by Crippen LogP contribution is 2.30. The normalized spacial score (nSPS) is 24.8. The lowest BCUT2D eigenvalue weighted by Gasteiger charge is -2.27. The summed E-state index contributed by atoms with van der Waals surface area (Å²) in [6, 6.07) is 0. The van der Waals surface area contributed by atoms with Crippen LogP contribution in [0.2, 0.25) is 0 Å². The molecule has 3 N–H and O–H groups in total. The second-order valence-electron chi connectivity index (χ2n) is 5.28. The van der Waals surface area contributed by atoms with Crippen molar-refractivity contribution in [1.82, 2.24) is 9.78 Å². The maximum Gasteiger partial charge on any atom is 0.171 e. The van der Waals surface area contributed by atoms with Gasteiger partial charge >= 0.3 is 0 Å². The molecule has 1 aromatic rings. The van der Waals surface area contributed by atoms with Crippen molar-refractivity contribution in [2.75, 3.05) is 17.6 Å². The van der Waals surface area contributed by atoms with Crippen LogP contribution in [0.3, 0.4) is 0 Å². The molecule has 4 nitrogen and oxygen atoms in total. The first kappa shape index (κ1) is 12.3. The van der Waals surface area contributed by atoms with Crippen LogP contribution in [0, 0.1) is 11.8 Å². The van der Waals surface area contributed by atoms with Gasteiger partial charge in [-0.25, -0.2) is 0 Å². The van der Waals surface area contributed by atoms with Gasteiger partial charge in [-0.3, -0.25) is 4.68 Å². The van der Waals surface area contributed by atoms with E-state index in [9.17, 15) is 0 Å². The van der Waals surface area contributed by atoms with Gasteiger partial charge in [0, 0.05) is 19.8 Å². The molecule has 0 amide bonds. The molecule has 0 unspecified atom stereocenters. The molecule has 4 heteroatoms. The number of rotatable bonds is 4. The Kier molecular flexibility index (Phi) is 3.92. The van der Waals surface area contributed by atoms with E-state index in [-0.39, 0.29) is 0 Å². The summed E-state index contributed by atoms with van der Waals surface area (Å²) in [6.07, 6.45) is 8.65. The standard InChI is InChI=1S/C13H24N4/c1-3-10-4-6-11(7-5-10)8-15-13-12(14)9-17(2)16-13/h9-11H,3-8,14H2,1-2H3,(H,15,16). The van der Waals surface area contributed by atoms with Crippen molar-refractivity contribution < 1.29 is 0 Å². The van der Waals surface area contributed by atoms with Crippen LogP contribution in [0.15, 0.2) is 6.20 Å². The van der Waals surface area contributed by atoms with Crippen LogP contribution in [0.1, 0.15) is 39.0 Å². The number of hydrogen-bond acceptors (Lipinski definition) is 3. The van der Waals surface area contributed by atoms with Crippen molar-refractivity contribution in [3.8, 4) is 0 Å². The zero-order valence-corrected chi connectivity index (χ0v) is 10.9. The lowest BCUT2D eigenvalue weighted by molar-refractivity contribution is 0.278. The minimum atomic E-state index is 0.745. The maximum atomic E-state index is 5.85. The Morgan fingerprint density at radius 2 is 2.00 bits per heavy atom. The summed E-state index contributed by atoms with van der Waals surface area (Å²) < 4.78 is 1.76. The van der Waals surface area contributed by atoms with Gasteiger partial charge in [0.05, 0.1) is 5.69 Å². The van der Waals surface area contributed by atoms with E-state index in [0.717, 1.165) is 29.9 Å². The van der Waals surface area contributed by atoms with Crippen LogP contribution in [-0.4, -0.2) is 16.3 Å². The van der Waals surface area contributed by atoms with Crippen LogP contribution in [0.4, 0.5) is 11.5 Å². The largest absolute Gasteiger partial charge is 0.394 e. The highest BCUT2D eigenvalue weighted by atomic mass is 15.3. The van der Waals surface area contributed by atoms with E-state index in [1.165, 1.54) is 32.1 Å². The first-order valence-electron chi connectivity index (χ1n) is 6.72. The Labute approximate surface area is 104 Å². The third kappa shape index (κ3) is 3.14. The second-order valence-corrected chi connectivity index (χ2v) is 5.28. The average molecular weight is 236 g/mol. The molecule has 1 heterocycles. The number of nitrogens with two attached hydrogens (primary N) is 1. The predicted molar refractivity (Wildman–Crippen MR) is 71.8 cm³/mol. The summed E-state index contributed by atoms with van der Waals surface area (Å²) in [4.78, 5) is 0. The van der Waals surface area contributed by atoms with E-state index in [1.54, 1.807) is 4.68 Å². The SMILES string of the molecule is CCC1CCC(CNc2nn(C)cc2N)CC1. The molecule has 1 saturated carbocycles. The van der Waals surface area contributed by atoms with Crippen molar-refractivity contribution in [3.63, 3.8) is 0 Å². The Balaban J connectivity index is 1.77. The van der Waals surface area contributed by atoms with Crippen molar-refractivity contribution in [2.24, 2.45) is 18.9 Å². The number of nitrogens with one attached hydrogen (secondary N) is 1. The fraction of sp³-hybridized carbons (Fsp3) is 0.769. The summed E-state index contributed by atoms with van der Waals surface area (Å²) in [6.45, 7) is 3.31. The molecule has 1 aliphatic carbocycles. The van der Waals surface area contributed by atoms with Gasteiger partial charge in [0.15, 0.2) is 5.82 Å². The monoisotopic (exact) mass is 236 g/mol. The van der Waals surface area contributed by atoms with Gasteiger partial charge in [-0.1, -0.05) is 26.2 Å². The van der Waals surface area contributed by atoms with E-state index in [0.29, 0.717) is 0 Å².